The fourth-order valence-electron chi connectivity index (χ4n) is 1.85. The summed E-state index contributed by atoms with van der Waals surface area (Å²) in [4.78, 5) is 23.4. The average Bonchev–Trinajstić information content (AvgIpc) is 2.47. The van der Waals surface area contributed by atoms with Crippen LogP contribution in [0.3, 0.4) is 0 Å². The van der Waals surface area contributed by atoms with Gasteiger partial charge in [-0.2, -0.15) is 0 Å². The summed E-state index contributed by atoms with van der Waals surface area (Å²) in [6.45, 7) is 4.36. The molecular weight excluding hydrogens is 260 g/mol. The highest BCUT2D eigenvalue weighted by Crippen LogP contribution is 2.12. The second kappa shape index (κ2) is 8.27. The van der Waals surface area contributed by atoms with Gasteiger partial charge < -0.3 is 9.64 Å². The van der Waals surface area contributed by atoms with Crippen LogP contribution < -0.4 is 0 Å². The van der Waals surface area contributed by atoms with Crippen molar-refractivity contribution in [2.24, 2.45) is 0 Å². The molecule has 0 radical (unpaired) electrons. The van der Waals surface area contributed by atoms with Crippen molar-refractivity contribution in [3.63, 3.8) is 0 Å². The fraction of sp³-hybridized carbons (Fsp3) is 0.500. The lowest BCUT2D eigenvalue weighted by atomic mass is 10.1. The highest BCUT2D eigenvalue weighted by Gasteiger charge is 2.08. The Morgan fingerprint density at radius 1 is 1.30 bits per heavy atom. The standard InChI is InChI=1S/C14H20N2O4/c1-3-15(11-9-14(17)20-2)10-8-12-4-6-13(7-5-12)16(18)19/h4-7H,3,8-11H2,1-2H3. The number of hydrogen-bond acceptors (Lipinski definition) is 5. The van der Waals surface area contributed by atoms with Crippen LogP contribution in [0.5, 0.6) is 0 Å². The van der Waals surface area contributed by atoms with E-state index in [4.69, 9.17) is 0 Å². The summed E-state index contributed by atoms with van der Waals surface area (Å²) < 4.78 is 4.61. The van der Waals surface area contributed by atoms with Crippen molar-refractivity contribution >= 4 is 11.7 Å². The topological polar surface area (TPSA) is 72.7 Å². The molecule has 0 aromatic heterocycles. The maximum atomic E-state index is 11.1. The van der Waals surface area contributed by atoms with Gasteiger partial charge in [0.1, 0.15) is 0 Å². The lowest BCUT2D eigenvalue weighted by Gasteiger charge is -2.19. The summed E-state index contributed by atoms with van der Waals surface area (Å²) in [7, 11) is 1.38. The van der Waals surface area contributed by atoms with Crippen molar-refractivity contribution in [3.8, 4) is 0 Å². The van der Waals surface area contributed by atoms with Crippen molar-refractivity contribution < 1.29 is 14.5 Å². The van der Waals surface area contributed by atoms with E-state index >= 15 is 0 Å². The van der Waals surface area contributed by atoms with Gasteiger partial charge in [0.15, 0.2) is 0 Å². The maximum Gasteiger partial charge on any atom is 0.306 e. The van der Waals surface area contributed by atoms with Crippen LogP contribution in [0.2, 0.25) is 0 Å². The molecule has 0 bridgehead atoms. The van der Waals surface area contributed by atoms with Crippen molar-refractivity contribution in [1.82, 2.24) is 4.90 Å². The molecule has 0 heterocycles. The van der Waals surface area contributed by atoms with Crippen molar-refractivity contribution in [3.05, 3.63) is 39.9 Å². The van der Waals surface area contributed by atoms with Gasteiger partial charge in [0.25, 0.3) is 5.69 Å². The van der Waals surface area contributed by atoms with Crippen LogP contribution >= 0.6 is 0 Å². The second-order valence-corrected chi connectivity index (χ2v) is 4.43. The molecule has 0 amide bonds. The van der Waals surface area contributed by atoms with Crippen molar-refractivity contribution in [2.75, 3.05) is 26.7 Å². The van der Waals surface area contributed by atoms with Gasteiger partial charge in [0, 0.05) is 25.2 Å². The van der Waals surface area contributed by atoms with E-state index in [0.29, 0.717) is 13.0 Å². The molecule has 0 aliphatic rings. The number of likely N-dealkylation sites (N-methyl/N-ethyl adjacent to an activating group) is 1. The molecule has 1 aromatic rings. The van der Waals surface area contributed by atoms with Crippen LogP contribution in [0.15, 0.2) is 24.3 Å². The van der Waals surface area contributed by atoms with E-state index in [9.17, 15) is 14.9 Å². The average molecular weight is 280 g/mol. The third kappa shape index (κ3) is 5.36. The van der Waals surface area contributed by atoms with Gasteiger partial charge in [-0.05, 0) is 18.5 Å². The van der Waals surface area contributed by atoms with Crippen LogP contribution in [0.25, 0.3) is 0 Å². The minimum atomic E-state index is -0.404. The highest BCUT2D eigenvalue weighted by molar-refractivity contribution is 5.69. The van der Waals surface area contributed by atoms with E-state index in [1.54, 1.807) is 12.1 Å². The first-order chi connectivity index (χ1) is 9.56. The van der Waals surface area contributed by atoms with Gasteiger partial charge in [-0.1, -0.05) is 19.1 Å². The zero-order valence-electron chi connectivity index (χ0n) is 11.9. The van der Waals surface area contributed by atoms with Crippen LogP contribution in [0.1, 0.15) is 18.9 Å². The summed E-state index contributed by atoms with van der Waals surface area (Å²) in [6.07, 6.45) is 1.18. The minimum Gasteiger partial charge on any atom is -0.469 e. The number of nitro benzene ring substituents is 1. The van der Waals surface area contributed by atoms with E-state index in [2.05, 4.69) is 9.64 Å². The van der Waals surface area contributed by atoms with Gasteiger partial charge in [-0.3, -0.25) is 14.9 Å². The maximum absolute atomic E-state index is 11.1. The summed E-state index contributed by atoms with van der Waals surface area (Å²) in [5.41, 5.74) is 1.15. The molecule has 0 saturated carbocycles. The molecule has 0 aliphatic heterocycles. The summed E-state index contributed by atoms with van der Waals surface area (Å²) in [6, 6.07) is 6.57. The molecule has 0 spiro atoms. The molecule has 20 heavy (non-hydrogen) atoms. The molecule has 1 aromatic carbocycles. The number of esters is 1. The third-order valence-electron chi connectivity index (χ3n) is 3.17. The first-order valence-electron chi connectivity index (χ1n) is 6.59. The molecule has 0 aliphatic carbocycles. The number of methoxy groups -OCH3 is 1. The number of carbonyl (C=O) groups is 1. The molecule has 0 unspecified atom stereocenters. The lowest BCUT2D eigenvalue weighted by molar-refractivity contribution is -0.384. The Morgan fingerprint density at radius 2 is 1.95 bits per heavy atom. The number of nitro groups is 1. The van der Waals surface area contributed by atoms with Crippen LogP contribution in [-0.2, 0) is 16.0 Å². The van der Waals surface area contributed by atoms with Gasteiger partial charge in [-0.25, -0.2) is 0 Å². The second-order valence-electron chi connectivity index (χ2n) is 4.43. The predicted molar refractivity (Wildman–Crippen MR) is 75.5 cm³/mol. The number of hydrogen-bond donors (Lipinski definition) is 0. The SMILES string of the molecule is CCN(CCC(=O)OC)CCc1ccc([N+](=O)[O-])cc1. The molecule has 6 nitrogen and oxygen atoms in total. The summed E-state index contributed by atoms with van der Waals surface area (Å²) >= 11 is 0. The Kier molecular flexibility index (Phi) is 6.66. The lowest BCUT2D eigenvalue weighted by Crippen LogP contribution is -2.28. The fourth-order valence-corrected chi connectivity index (χ4v) is 1.85. The van der Waals surface area contributed by atoms with Crippen LogP contribution in [-0.4, -0.2) is 42.5 Å². The zero-order valence-corrected chi connectivity index (χ0v) is 11.9. The van der Waals surface area contributed by atoms with Crippen molar-refractivity contribution in [1.29, 1.82) is 0 Å². The quantitative estimate of drug-likeness (QED) is 0.414. The van der Waals surface area contributed by atoms with E-state index < -0.39 is 4.92 Å². The first-order valence-corrected chi connectivity index (χ1v) is 6.59. The van der Waals surface area contributed by atoms with Crippen LogP contribution in [0.4, 0.5) is 5.69 Å². The third-order valence-corrected chi connectivity index (χ3v) is 3.17. The monoisotopic (exact) mass is 280 g/mol. The number of carbonyl (C=O) groups excluding carboxylic acids is 1. The molecule has 6 heteroatoms. The highest BCUT2D eigenvalue weighted by atomic mass is 16.6. The predicted octanol–water partition coefficient (Wildman–Crippen LogP) is 2.02. The van der Waals surface area contributed by atoms with E-state index in [1.165, 1.54) is 19.2 Å². The number of ether oxygens (including phenoxy) is 1. The Morgan fingerprint density at radius 3 is 2.45 bits per heavy atom. The van der Waals surface area contributed by atoms with Gasteiger partial charge >= 0.3 is 5.97 Å². The molecule has 1 rings (SSSR count). The van der Waals surface area contributed by atoms with Crippen LogP contribution in [0, 0.1) is 10.1 Å². The zero-order chi connectivity index (χ0) is 15.0. The summed E-state index contributed by atoms with van der Waals surface area (Å²) in [5, 5.41) is 10.6. The number of non-ortho nitro benzene ring substituents is 1. The molecule has 0 atom stereocenters. The summed E-state index contributed by atoms with van der Waals surface area (Å²) in [5.74, 6) is -0.209. The van der Waals surface area contributed by atoms with E-state index in [-0.39, 0.29) is 11.7 Å². The largest absolute Gasteiger partial charge is 0.469 e. The molecule has 0 N–H and O–H groups in total. The van der Waals surface area contributed by atoms with E-state index in [1.807, 2.05) is 6.92 Å². The Labute approximate surface area is 118 Å². The normalized spacial score (nSPS) is 10.6. The van der Waals surface area contributed by atoms with Gasteiger partial charge in [-0.15, -0.1) is 0 Å². The molecule has 110 valence electrons. The van der Waals surface area contributed by atoms with Crippen molar-refractivity contribution in [2.45, 2.75) is 19.8 Å². The molecular formula is C14H20N2O4. The first kappa shape index (κ1) is 16.1. The number of rotatable bonds is 8. The van der Waals surface area contributed by atoms with Gasteiger partial charge in [0.05, 0.1) is 18.5 Å². The molecule has 0 fully saturated rings. The van der Waals surface area contributed by atoms with Gasteiger partial charge in [0.2, 0.25) is 0 Å². The Bertz CT molecular complexity index is 445. The number of benzene rings is 1. The van der Waals surface area contributed by atoms with E-state index in [0.717, 1.165) is 25.1 Å². The minimum absolute atomic E-state index is 0.104. The smallest absolute Gasteiger partial charge is 0.306 e. The number of nitrogens with zero attached hydrogens (tertiary/aromatic N) is 2. The molecule has 0 saturated heterocycles. The Hall–Kier alpha value is -1.95. The Balaban J connectivity index is 2.43.